The molecule has 2 rings (SSSR count). The Morgan fingerprint density at radius 1 is 1.11 bits per heavy atom. The van der Waals surface area contributed by atoms with Crippen LogP contribution in [0, 0.1) is 0 Å². The van der Waals surface area contributed by atoms with Crippen LogP contribution in [0.15, 0.2) is 42.0 Å². The second-order valence-electron chi connectivity index (χ2n) is 5.57. The summed E-state index contributed by atoms with van der Waals surface area (Å²) in [5.41, 5.74) is 0.603. The van der Waals surface area contributed by atoms with Gasteiger partial charge in [-0.2, -0.15) is 0 Å². The second-order valence-corrected chi connectivity index (χ2v) is 6.41. The Kier molecular flexibility index (Phi) is 6.66. The minimum absolute atomic E-state index is 0.0100. The van der Waals surface area contributed by atoms with E-state index in [1.807, 2.05) is 0 Å². The van der Waals surface area contributed by atoms with Crippen molar-refractivity contribution in [2.24, 2.45) is 0 Å². The fraction of sp³-hybridized carbons (Fsp3) is 0.100. The Hall–Kier alpha value is -2.76. The molecule has 0 radical (unpaired) electrons. The third kappa shape index (κ3) is 5.12. The summed E-state index contributed by atoms with van der Waals surface area (Å²) >= 11 is 11.8. The van der Waals surface area contributed by atoms with Gasteiger partial charge in [0.1, 0.15) is 5.75 Å². The maximum atomic E-state index is 12.5. The lowest BCUT2D eigenvalue weighted by atomic mass is 10.0. The highest BCUT2D eigenvalue weighted by Crippen LogP contribution is 2.33. The average Bonchev–Trinajstić information content (AvgIpc) is 2.62. The maximum Gasteiger partial charge on any atom is 0.189 e. The lowest BCUT2D eigenvalue weighted by Gasteiger charge is -2.05. The molecule has 2 N–H and O–H groups in total. The number of halogens is 2. The van der Waals surface area contributed by atoms with Crippen LogP contribution in [0.5, 0.6) is 17.2 Å². The molecule has 0 saturated carbocycles. The molecule has 0 saturated heterocycles. The zero-order valence-electron chi connectivity index (χ0n) is 14.5. The van der Waals surface area contributed by atoms with E-state index >= 15 is 0 Å². The van der Waals surface area contributed by atoms with Gasteiger partial charge in [0.2, 0.25) is 0 Å². The second kappa shape index (κ2) is 8.75. The van der Waals surface area contributed by atoms with E-state index in [1.165, 1.54) is 50.5 Å². The van der Waals surface area contributed by atoms with Gasteiger partial charge >= 0.3 is 0 Å². The van der Waals surface area contributed by atoms with Gasteiger partial charge < -0.3 is 14.9 Å². The number of phenolic OH excluding ortho intramolecular Hbond substituents is 2. The number of methoxy groups -OCH3 is 1. The number of allylic oxidation sites excluding steroid dienone is 2. The summed E-state index contributed by atoms with van der Waals surface area (Å²) in [5.74, 6) is -1.10. The fourth-order valence-electron chi connectivity index (χ4n) is 2.26. The Balaban J connectivity index is 2.37. The van der Waals surface area contributed by atoms with Crippen LogP contribution in [0.4, 0.5) is 0 Å². The van der Waals surface area contributed by atoms with Gasteiger partial charge in [-0.3, -0.25) is 9.59 Å². The quantitative estimate of drug-likeness (QED) is 0.413. The molecule has 0 aromatic heterocycles. The molecule has 0 bridgehead atoms. The monoisotopic (exact) mass is 406 g/mol. The Labute approximate surface area is 166 Å². The number of phenols is 2. The smallest absolute Gasteiger partial charge is 0.189 e. The van der Waals surface area contributed by atoms with Crippen molar-refractivity contribution >= 4 is 46.9 Å². The molecule has 7 heteroatoms. The van der Waals surface area contributed by atoms with Crippen molar-refractivity contribution < 1.29 is 24.5 Å². The van der Waals surface area contributed by atoms with Gasteiger partial charge in [0.25, 0.3) is 0 Å². The molecule has 2 aromatic rings. The molecule has 0 atom stereocenters. The third-order valence-corrected chi connectivity index (χ3v) is 4.14. The van der Waals surface area contributed by atoms with Crippen molar-refractivity contribution in [3.63, 3.8) is 0 Å². The number of carbonyl (C=O) groups excluding carboxylic acids is 2. The highest BCUT2D eigenvalue weighted by Gasteiger charge is 2.15. The van der Waals surface area contributed by atoms with E-state index in [0.29, 0.717) is 5.56 Å². The van der Waals surface area contributed by atoms with E-state index in [1.54, 1.807) is 12.1 Å². The van der Waals surface area contributed by atoms with Crippen molar-refractivity contribution in [3.05, 3.63) is 63.2 Å². The average molecular weight is 407 g/mol. The number of hydrogen-bond acceptors (Lipinski definition) is 5. The van der Waals surface area contributed by atoms with Crippen molar-refractivity contribution in [3.8, 4) is 17.2 Å². The molecule has 5 nitrogen and oxygen atoms in total. The number of aromatic hydroxyl groups is 2. The number of Topliss-reactive ketones (excluding diaryl/α,β-unsaturated/α-hetero) is 1. The van der Waals surface area contributed by atoms with Crippen LogP contribution in [0.2, 0.25) is 10.0 Å². The van der Waals surface area contributed by atoms with Crippen LogP contribution in [0.3, 0.4) is 0 Å². The van der Waals surface area contributed by atoms with E-state index in [-0.39, 0.29) is 38.4 Å². The van der Waals surface area contributed by atoms with E-state index in [9.17, 15) is 19.8 Å². The first-order valence-electron chi connectivity index (χ1n) is 7.73. The van der Waals surface area contributed by atoms with Gasteiger partial charge in [-0.1, -0.05) is 35.3 Å². The number of hydrogen-bond donors (Lipinski definition) is 2. The number of benzene rings is 2. The lowest BCUT2D eigenvalue weighted by molar-refractivity contribution is -0.118. The van der Waals surface area contributed by atoms with Gasteiger partial charge in [0.15, 0.2) is 23.1 Å². The molecule has 0 unspecified atom stereocenters. The molecule has 0 fully saturated rings. The summed E-state index contributed by atoms with van der Waals surface area (Å²) in [7, 11) is 1.41. The zero-order valence-corrected chi connectivity index (χ0v) is 16.0. The normalized spacial score (nSPS) is 11.6. The van der Waals surface area contributed by atoms with Gasteiger partial charge in [0.05, 0.1) is 17.7 Å². The topological polar surface area (TPSA) is 83.8 Å². The van der Waals surface area contributed by atoms with E-state index < -0.39 is 11.6 Å². The zero-order chi connectivity index (χ0) is 20.1. The Morgan fingerprint density at radius 2 is 1.81 bits per heavy atom. The predicted octanol–water partition coefficient (Wildman–Crippen LogP) is 4.67. The number of ether oxygens (including phenoxy) is 1. The number of ketones is 2. The molecule has 0 spiro atoms. The van der Waals surface area contributed by atoms with Crippen LogP contribution in [0.25, 0.3) is 12.2 Å². The summed E-state index contributed by atoms with van der Waals surface area (Å²) in [6.07, 6.45) is 3.92. The first kappa shape index (κ1) is 20.6. The molecule has 0 aliphatic carbocycles. The van der Waals surface area contributed by atoms with Gasteiger partial charge in [-0.25, -0.2) is 0 Å². The SMILES string of the molecule is COc1cc(/C=C/C(=O)C(=Cc2cc(Cl)cc(Cl)c2O)C(C)=O)ccc1O. The van der Waals surface area contributed by atoms with Gasteiger partial charge in [-0.15, -0.1) is 0 Å². The molecular formula is C20H16Cl2O5. The molecule has 0 aliphatic rings. The fourth-order valence-corrected chi connectivity index (χ4v) is 2.77. The predicted molar refractivity (Wildman–Crippen MR) is 105 cm³/mol. The van der Waals surface area contributed by atoms with Crippen molar-refractivity contribution in [1.82, 2.24) is 0 Å². The molecule has 2 aromatic carbocycles. The Bertz CT molecular complexity index is 961. The summed E-state index contributed by atoms with van der Waals surface area (Å²) in [6, 6.07) is 7.30. The molecular weight excluding hydrogens is 391 g/mol. The summed E-state index contributed by atoms with van der Waals surface area (Å²) in [5, 5.41) is 19.9. The van der Waals surface area contributed by atoms with Crippen LogP contribution in [0.1, 0.15) is 18.1 Å². The first-order chi connectivity index (χ1) is 12.7. The van der Waals surface area contributed by atoms with Crippen LogP contribution >= 0.6 is 23.2 Å². The molecule has 140 valence electrons. The highest BCUT2D eigenvalue weighted by molar-refractivity contribution is 6.36. The first-order valence-corrected chi connectivity index (χ1v) is 8.48. The van der Waals surface area contributed by atoms with Crippen LogP contribution in [-0.2, 0) is 9.59 Å². The summed E-state index contributed by atoms with van der Waals surface area (Å²) < 4.78 is 5.01. The highest BCUT2D eigenvalue weighted by atomic mass is 35.5. The standard InChI is InChI=1S/C20H16Cl2O5/c1-11(23)15(9-13-8-14(21)10-16(22)20(13)26)17(24)5-3-12-4-6-18(25)19(7-12)27-2/h3-10,25-26H,1-2H3/b5-3+,15-9?. The minimum Gasteiger partial charge on any atom is -0.506 e. The minimum atomic E-state index is -0.565. The van der Waals surface area contributed by atoms with Crippen LogP contribution in [-0.4, -0.2) is 28.9 Å². The molecule has 0 heterocycles. The summed E-state index contributed by atoms with van der Waals surface area (Å²) in [6.45, 7) is 1.24. The van der Waals surface area contributed by atoms with E-state index in [0.717, 1.165) is 0 Å². The van der Waals surface area contributed by atoms with Crippen molar-refractivity contribution in [1.29, 1.82) is 0 Å². The third-order valence-electron chi connectivity index (χ3n) is 3.63. The maximum absolute atomic E-state index is 12.5. The van der Waals surface area contributed by atoms with Crippen molar-refractivity contribution in [2.45, 2.75) is 6.92 Å². The van der Waals surface area contributed by atoms with Gasteiger partial charge in [-0.05, 0) is 48.9 Å². The van der Waals surface area contributed by atoms with E-state index in [2.05, 4.69) is 0 Å². The Morgan fingerprint density at radius 3 is 2.44 bits per heavy atom. The molecule has 0 amide bonds. The van der Waals surface area contributed by atoms with E-state index in [4.69, 9.17) is 27.9 Å². The molecule has 0 aliphatic heterocycles. The number of carbonyl (C=O) groups is 2. The largest absolute Gasteiger partial charge is 0.506 e. The number of rotatable bonds is 6. The van der Waals surface area contributed by atoms with Crippen molar-refractivity contribution in [2.75, 3.05) is 7.11 Å². The van der Waals surface area contributed by atoms with Gasteiger partial charge in [0, 0.05) is 10.6 Å². The lowest BCUT2D eigenvalue weighted by Crippen LogP contribution is -2.07. The van der Waals surface area contributed by atoms with Crippen LogP contribution < -0.4 is 4.74 Å². The molecule has 27 heavy (non-hydrogen) atoms. The summed E-state index contributed by atoms with van der Waals surface area (Å²) in [4.78, 5) is 24.4.